The Morgan fingerprint density at radius 3 is 2.94 bits per heavy atom. The fourth-order valence-electron chi connectivity index (χ4n) is 1.39. The van der Waals surface area contributed by atoms with Crippen LogP contribution in [-0.2, 0) is 0 Å². The lowest BCUT2D eigenvalue weighted by molar-refractivity contribution is 0.102. The van der Waals surface area contributed by atoms with Crippen molar-refractivity contribution in [3.8, 4) is 11.5 Å². The van der Waals surface area contributed by atoms with Crippen LogP contribution in [0.5, 0.6) is 11.5 Å². The lowest BCUT2D eigenvalue weighted by atomic mass is 10.1. The number of hydrogen-bond acceptors (Lipinski definition) is 4. The number of H-pyrrole nitrogens is 1. The zero-order valence-corrected chi connectivity index (χ0v) is 9.10. The number of ether oxygens (including phenoxy) is 1. The average molecular weight is 233 g/mol. The normalized spacial score (nSPS) is 9.94. The summed E-state index contributed by atoms with van der Waals surface area (Å²) in [6, 6.07) is 6.31. The third kappa shape index (κ3) is 2.20. The van der Waals surface area contributed by atoms with Crippen molar-refractivity contribution < 1.29 is 14.6 Å². The molecule has 2 rings (SSSR count). The number of benzene rings is 1. The van der Waals surface area contributed by atoms with Gasteiger partial charge in [-0.1, -0.05) is 6.07 Å². The number of phenols is 1. The molecule has 1 aromatic carbocycles. The Balaban J connectivity index is 2.25. The molecular weight excluding hydrogens is 222 g/mol. The van der Waals surface area contributed by atoms with Gasteiger partial charge in [-0.05, 0) is 12.1 Å². The zero-order chi connectivity index (χ0) is 12.3. The molecule has 0 aliphatic rings. The van der Waals surface area contributed by atoms with E-state index >= 15 is 0 Å². The first-order chi connectivity index (χ1) is 8.22. The lowest BCUT2D eigenvalue weighted by Crippen LogP contribution is -2.12. The summed E-state index contributed by atoms with van der Waals surface area (Å²) in [7, 11) is 1.42. The van der Waals surface area contributed by atoms with Gasteiger partial charge in [-0.15, -0.1) is 0 Å². The van der Waals surface area contributed by atoms with Crippen molar-refractivity contribution in [3.63, 3.8) is 0 Å². The molecule has 0 aliphatic heterocycles. The number of rotatable bonds is 3. The van der Waals surface area contributed by atoms with Crippen LogP contribution >= 0.6 is 0 Å². The number of hydrogen-bond donors (Lipinski definition) is 3. The Hall–Kier alpha value is -2.50. The Morgan fingerprint density at radius 1 is 1.47 bits per heavy atom. The minimum absolute atomic E-state index is 0.138. The Kier molecular flexibility index (Phi) is 2.95. The van der Waals surface area contributed by atoms with Crippen molar-refractivity contribution in [3.05, 3.63) is 36.0 Å². The second-order valence-corrected chi connectivity index (χ2v) is 3.28. The van der Waals surface area contributed by atoms with Gasteiger partial charge in [0.25, 0.3) is 5.91 Å². The molecule has 6 heteroatoms. The molecule has 2 aromatic rings. The van der Waals surface area contributed by atoms with Crippen LogP contribution in [0.2, 0.25) is 0 Å². The van der Waals surface area contributed by atoms with Gasteiger partial charge >= 0.3 is 0 Å². The predicted octanol–water partition coefficient (Wildman–Crippen LogP) is 1.38. The van der Waals surface area contributed by atoms with E-state index in [0.717, 1.165) is 0 Å². The molecule has 1 heterocycles. The topological polar surface area (TPSA) is 87.2 Å². The number of methoxy groups -OCH3 is 1. The molecule has 1 aromatic heterocycles. The first-order valence-electron chi connectivity index (χ1n) is 4.89. The van der Waals surface area contributed by atoms with Crippen molar-refractivity contribution in [2.45, 2.75) is 0 Å². The monoisotopic (exact) mass is 233 g/mol. The third-order valence-electron chi connectivity index (χ3n) is 2.21. The summed E-state index contributed by atoms with van der Waals surface area (Å²) >= 11 is 0. The highest BCUT2D eigenvalue weighted by Crippen LogP contribution is 2.29. The van der Waals surface area contributed by atoms with Gasteiger partial charge in [0.2, 0.25) is 0 Å². The summed E-state index contributed by atoms with van der Waals surface area (Å²) in [5.41, 5.74) is 0.138. The summed E-state index contributed by atoms with van der Waals surface area (Å²) in [4.78, 5) is 11.8. The van der Waals surface area contributed by atoms with Gasteiger partial charge in [-0.25, -0.2) is 0 Å². The van der Waals surface area contributed by atoms with E-state index < -0.39 is 5.91 Å². The molecule has 0 spiro atoms. The molecule has 0 atom stereocenters. The number of phenolic OH excluding ortho intramolecular Hbond substituents is 1. The smallest absolute Gasteiger partial charge is 0.260 e. The maximum Gasteiger partial charge on any atom is 0.260 e. The molecule has 0 bridgehead atoms. The largest absolute Gasteiger partial charge is 0.504 e. The van der Waals surface area contributed by atoms with Crippen LogP contribution in [0.15, 0.2) is 30.5 Å². The molecule has 0 saturated carbocycles. The van der Waals surface area contributed by atoms with Gasteiger partial charge in [0.15, 0.2) is 11.5 Å². The number of anilines is 1. The SMILES string of the molecule is COc1cccc(C(=O)Nc2ccn[nH]2)c1O. The van der Waals surface area contributed by atoms with E-state index in [1.165, 1.54) is 19.4 Å². The highest BCUT2D eigenvalue weighted by molar-refractivity contribution is 6.06. The maximum atomic E-state index is 11.8. The number of carbonyl (C=O) groups excluding carboxylic acids is 1. The van der Waals surface area contributed by atoms with E-state index in [1.807, 2.05) is 0 Å². The van der Waals surface area contributed by atoms with E-state index in [2.05, 4.69) is 15.5 Å². The van der Waals surface area contributed by atoms with Crippen molar-refractivity contribution in [2.24, 2.45) is 0 Å². The number of para-hydroxylation sites is 1. The van der Waals surface area contributed by atoms with Crippen molar-refractivity contribution >= 4 is 11.7 Å². The molecule has 6 nitrogen and oxygen atoms in total. The number of amides is 1. The molecule has 88 valence electrons. The zero-order valence-electron chi connectivity index (χ0n) is 9.10. The van der Waals surface area contributed by atoms with Gasteiger partial charge in [0, 0.05) is 6.07 Å². The van der Waals surface area contributed by atoms with Crippen LogP contribution in [0, 0.1) is 0 Å². The van der Waals surface area contributed by atoms with Crippen LogP contribution in [-0.4, -0.2) is 28.3 Å². The van der Waals surface area contributed by atoms with Crippen molar-refractivity contribution in [1.29, 1.82) is 0 Å². The van der Waals surface area contributed by atoms with Gasteiger partial charge in [-0.3, -0.25) is 9.89 Å². The molecule has 17 heavy (non-hydrogen) atoms. The number of nitrogens with one attached hydrogen (secondary N) is 2. The molecule has 0 radical (unpaired) electrons. The summed E-state index contributed by atoms with van der Waals surface area (Å²) < 4.78 is 4.92. The van der Waals surface area contributed by atoms with E-state index in [0.29, 0.717) is 5.82 Å². The van der Waals surface area contributed by atoms with E-state index in [1.54, 1.807) is 18.2 Å². The maximum absolute atomic E-state index is 11.8. The fourth-order valence-corrected chi connectivity index (χ4v) is 1.39. The van der Waals surface area contributed by atoms with Gasteiger partial charge in [0.05, 0.1) is 18.9 Å². The minimum Gasteiger partial charge on any atom is -0.504 e. The predicted molar refractivity (Wildman–Crippen MR) is 61.2 cm³/mol. The van der Waals surface area contributed by atoms with Crippen LogP contribution in [0.3, 0.4) is 0 Å². The molecule has 0 fully saturated rings. The highest BCUT2D eigenvalue weighted by Gasteiger charge is 2.14. The second kappa shape index (κ2) is 4.56. The second-order valence-electron chi connectivity index (χ2n) is 3.28. The first-order valence-corrected chi connectivity index (χ1v) is 4.89. The Bertz CT molecular complexity index is 523. The summed E-state index contributed by atoms with van der Waals surface area (Å²) in [5.74, 6) is 0.0807. The summed E-state index contributed by atoms with van der Waals surface area (Å²) in [5, 5.41) is 18.6. The number of nitrogens with zero attached hydrogens (tertiary/aromatic N) is 1. The standard InChI is InChI=1S/C11H11N3O3/c1-17-8-4-2-3-7(10(8)15)11(16)13-9-5-6-12-14-9/h2-6,15H,1H3,(H2,12,13,14,16). The first kappa shape index (κ1) is 11.0. The minimum atomic E-state index is -0.439. The van der Waals surface area contributed by atoms with E-state index in [4.69, 9.17) is 4.74 Å². The van der Waals surface area contributed by atoms with Crippen LogP contribution in [0.4, 0.5) is 5.82 Å². The fraction of sp³-hybridized carbons (Fsp3) is 0.0909. The number of aromatic nitrogens is 2. The molecule has 3 N–H and O–H groups in total. The van der Waals surface area contributed by atoms with Gasteiger partial charge in [0.1, 0.15) is 5.82 Å². The molecule has 0 unspecified atom stereocenters. The third-order valence-corrected chi connectivity index (χ3v) is 2.21. The van der Waals surface area contributed by atoms with E-state index in [9.17, 15) is 9.90 Å². The van der Waals surface area contributed by atoms with Crippen molar-refractivity contribution in [2.75, 3.05) is 12.4 Å². The molecular formula is C11H11N3O3. The Morgan fingerprint density at radius 2 is 2.29 bits per heavy atom. The lowest BCUT2D eigenvalue weighted by Gasteiger charge is -2.08. The van der Waals surface area contributed by atoms with Gasteiger partial charge in [-0.2, -0.15) is 5.10 Å². The summed E-state index contributed by atoms with van der Waals surface area (Å²) in [6.45, 7) is 0. The number of aromatic hydroxyl groups is 1. The number of carbonyl (C=O) groups is 1. The van der Waals surface area contributed by atoms with Crippen molar-refractivity contribution in [1.82, 2.24) is 10.2 Å². The molecule has 0 saturated heterocycles. The molecule has 0 aliphatic carbocycles. The van der Waals surface area contributed by atoms with Gasteiger partial charge < -0.3 is 15.2 Å². The highest BCUT2D eigenvalue weighted by atomic mass is 16.5. The molecule has 1 amide bonds. The quantitative estimate of drug-likeness (QED) is 0.747. The average Bonchev–Trinajstić information content (AvgIpc) is 2.82. The Labute approximate surface area is 97.2 Å². The van der Waals surface area contributed by atoms with E-state index in [-0.39, 0.29) is 17.1 Å². The number of aromatic amines is 1. The van der Waals surface area contributed by atoms with Crippen LogP contribution in [0.25, 0.3) is 0 Å². The van der Waals surface area contributed by atoms with Crippen LogP contribution in [0.1, 0.15) is 10.4 Å². The summed E-state index contributed by atoms with van der Waals surface area (Å²) in [6.07, 6.45) is 1.51. The van der Waals surface area contributed by atoms with Crippen LogP contribution < -0.4 is 10.1 Å².